The lowest BCUT2D eigenvalue weighted by Gasteiger charge is -2.03. The molecule has 0 aliphatic carbocycles. The van der Waals surface area contributed by atoms with E-state index >= 15 is 0 Å². The number of primary sulfonamides is 1. The third kappa shape index (κ3) is 2.35. The van der Waals surface area contributed by atoms with Crippen LogP contribution in [0.5, 0.6) is 0 Å². The predicted octanol–water partition coefficient (Wildman–Crippen LogP) is 0.353. The number of benzene rings is 1. The van der Waals surface area contributed by atoms with Crippen LogP contribution in [0.1, 0.15) is 5.56 Å². The number of sulfonamides is 1. The molecule has 0 spiro atoms. The Morgan fingerprint density at radius 3 is 2.38 bits per heavy atom. The molecule has 0 fully saturated rings. The number of rotatable bonds is 3. The van der Waals surface area contributed by atoms with Gasteiger partial charge in [0.25, 0.3) is 5.69 Å². The van der Waals surface area contributed by atoms with Crippen molar-refractivity contribution in [2.45, 2.75) is 4.90 Å². The number of carbonyl (C=O) groups excluding carboxylic acids is 1. The van der Waals surface area contributed by atoms with E-state index in [-0.39, 0.29) is 5.56 Å². The lowest BCUT2D eigenvalue weighted by molar-refractivity contribution is -0.384. The Hall–Kier alpha value is -1.51. The molecular formula is C7H4ClN2O5S. The number of halogens is 1. The Morgan fingerprint density at radius 1 is 1.44 bits per heavy atom. The Labute approximate surface area is 95.0 Å². The molecule has 0 bridgehead atoms. The molecule has 0 aliphatic heterocycles. The van der Waals surface area contributed by atoms with E-state index in [1.165, 1.54) is 6.29 Å². The Bertz CT molecular complexity index is 568. The molecule has 1 aromatic rings. The second-order valence-corrected chi connectivity index (χ2v) is 4.62. The Balaban J connectivity index is 3.69. The van der Waals surface area contributed by atoms with Crippen molar-refractivity contribution in [3.8, 4) is 0 Å². The normalized spacial score (nSPS) is 11.1. The number of nitrogens with two attached hydrogens (primary N) is 1. The molecule has 0 saturated carbocycles. The summed E-state index contributed by atoms with van der Waals surface area (Å²) in [7, 11) is -4.24. The van der Waals surface area contributed by atoms with Gasteiger partial charge >= 0.3 is 0 Å². The second kappa shape index (κ2) is 4.16. The van der Waals surface area contributed by atoms with E-state index in [4.69, 9.17) is 16.7 Å². The van der Waals surface area contributed by atoms with E-state index in [2.05, 4.69) is 0 Å². The monoisotopic (exact) mass is 263 g/mol. The van der Waals surface area contributed by atoms with Gasteiger partial charge in [-0.1, -0.05) is 11.6 Å². The van der Waals surface area contributed by atoms with Gasteiger partial charge in [0.1, 0.15) is 9.92 Å². The molecule has 0 saturated heterocycles. The molecule has 0 amide bonds. The molecule has 0 atom stereocenters. The number of nitrogens with zero attached hydrogens (tertiary/aromatic N) is 1. The molecule has 0 unspecified atom stereocenters. The number of nitro groups is 1. The molecule has 1 radical (unpaired) electrons. The van der Waals surface area contributed by atoms with Gasteiger partial charge in [-0.25, -0.2) is 13.6 Å². The van der Waals surface area contributed by atoms with Crippen molar-refractivity contribution in [3.05, 3.63) is 32.8 Å². The average Bonchev–Trinajstić information content (AvgIpc) is 2.15. The smallest absolute Gasteiger partial charge is 0.285 e. The fourth-order valence-corrected chi connectivity index (χ4v) is 2.13. The summed E-state index contributed by atoms with van der Waals surface area (Å²) in [5, 5.41) is 14.7. The Kier molecular flexibility index (Phi) is 3.27. The van der Waals surface area contributed by atoms with Crippen LogP contribution in [0.25, 0.3) is 0 Å². The van der Waals surface area contributed by atoms with Crippen molar-refractivity contribution in [1.29, 1.82) is 0 Å². The van der Waals surface area contributed by atoms with Crippen LogP contribution in [-0.2, 0) is 14.8 Å². The van der Waals surface area contributed by atoms with Gasteiger partial charge < -0.3 is 0 Å². The van der Waals surface area contributed by atoms with E-state index in [9.17, 15) is 23.3 Å². The largest absolute Gasteiger partial charge is 0.290 e. The molecule has 1 aromatic carbocycles. The molecule has 0 aromatic heterocycles. The molecule has 7 nitrogen and oxygen atoms in total. The zero-order valence-electron chi connectivity index (χ0n) is 7.51. The molecule has 85 valence electrons. The van der Waals surface area contributed by atoms with Gasteiger partial charge in [0.2, 0.25) is 16.3 Å². The predicted molar refractivity (Wildman–Crippen MR) is 54.3 cm³/mol. The summed E-state index contributed by atoms with van der Waals surface area (Å²) in [6.07, 6.45) is 1.33. The first-order valence-corrected chi connectivity index (χ1v) is 5.58. The standard InChI is InChI=1S/C7H4ClN2O5S/c8-7-5(10(12)13)1-4(3-11)2-6(7)16(9,14)15/h1-2H,(H2,9,14,15). The number of hydrogen-bond donors (Lipinski definition) is 1. The van der Waals surface area contributed by atoms with Crippen molar-refractivity contribution in [3.63, 3.8) is 0 Å². The fourth-order valence-electron chi connectivity index (χ4n) is 0.982. The molecule has 2 N–H and O–H groups in total. The van der Waals surface area contributed by atoms with Crippen molar-refractivity contribution in [2.75, 3.05) is 0 Å². The summed E-state index contributed by atoms with van der Waals surface area (Å²) < 4.78 is 22.1. The maximum absolute atomic E-state index is 11.0. The third-order valence-electron chi connectivity index (χ3n) is 1.64. The number of hydrogen-bond acceptors (Lipinski definition) is 5. The van der Waals surface area contributed by atoms with Gasteiger partial charge in [0.15, 0.2) is 0 Å². The molecule has 16 heavy (non-hydrogen) atoms. The summed E-state index contributed by atoms with van der Waals surface area (Å²) in [4.78, 5) is 19.3. The van der Waals surface area contributed by atoms with Crippen molar-refractivity contribution in [1.82, 2.24) is 0 Å². The van der Waals surface area contributed by atoms with Gasteiger partial charge in [-0.15, -0.1) is 0 Å². The zero-order chi connectivity index (χ0) is 12.5. The maximum atomic E-state index is 11.0. The minimum atomic E-state index is -4.24. The molecular weight excluding hydrogens is 260 g/mol. The quantitative estimate of drug-likeness (QED) is 0.623. The second-order valence-electron chi connectivity index (χ2n) is 2.71. The zero-order valence-corrected chi connectivity index (χ0v) is 9.08. The number of nitro benzene ring substituents is 1. The lowest BCUT2D eigenvalue weighted by Crippen LogP contribution is -2.14. The van der Waals surface area contributed by atoms with E-state index in [1.807, 2.05) is 0 Å². The minimum absolute atomic E-state index is 0.319. The topological polar surface area (TPSA) is 120 Å². The van der Waals surface area contributed by atoms with Crippen LogP contribution in [0.2, 0.25) is 5.02 Å². The summed E-state index contributed by atoms with van der Waals surface area (Å²) in [5.41, 5.74) is -1.04. The van der Waals surface area contributed by atoms with Crippen LogP contribution in [0.15, 0.2) is 17.0 Å². The average molecular weight is 264 g/mol. The highest BCUT2D eigenvalue weighted by Crippen LogP contribution is 2.31. The summed E-state index contributed by atoms with van der Waals surface area (Å²) in [6, 6.07) is 1.63. The fraction of sp³-hybridized carbons (Fsp3) is 0. The highest BCUT2D eigenvalue weighted by Gasteiger charge is 2.24. The van der Waals surface area contributed by atoms with Crippen molar-refractivity contribution < 1.29 is 18.1 Å². The summed E-state index contributed by atoms with van der Waals surface area (Å²) >= 11 is 5.49. The van der Waals surface area contributed by atoms with E-state index in [0.29, 0.717) is 0 Å². The SMILES string of the molecule is NS(=O)(=O)c1cc([C]=O)cc([N+](=O)[O-])c1Cl. The minimum Gasteiger partial charge on any atom is -0.285 e. The molecule has 0 heterocycles. The van der Waals surface area contributed by atoms with E-state index in [0.717, 1.165) is 12.1 Å². The van der Waals surface area contributed by atoms with Crippen LogP contribution in [0.3, 0.4) is 0 Å². The molecule has 1 rings (SSSR count). The van der Waals surface area contributed by atoms with Crippen LogP contribution >= 0.6 is 11.6 Å². The highest BCUT2D eigenvalue weighted by molar-refractivity contribution is 7.89. The van der Waals surface area contributed by atoms with Crippen molar-refractivity contribution >= 4 is 33.6 Å². The first-order chi connectivity index (χ1) is 7.27. The van der Waals surface area contributed by atoms with Gasteiger partial charge in [0, 0.05) is 11.6 Å². The Morgan fingerprint density at radius 2 is 2.00 bits per heavy atom. The first-order valence-electron chi connectivity index (χ1n) is 3.66. The van der Waals surface area contributed by atoms with Crippen molar-refractivity contribution in [2.24, 2.45) is 5.14 Å². The van der Waals surface area contributed by atoms with Crippen LogP contribution in [0, 0.1) is 10.1 Å². The van der Waals surface area contributed by atoms with Gasteiger partial charge in [0.05, 0.1) is 4.92 Å². The van der Waals surface area contributed by atoms with E-state index < -0.39 is 30.6 Å². The first kappa shape index (κ1) is 12.6. The highest BCUT2D eigenvalue weighted by atomic mass is 35.5. The van der Waals surface area contributed by atoms with Crippen LogP contribution in [-0.4, -0.2) is 19.6 Å². The van der Waals surface area contributed by atoms with Gasteiger partial charge in [-0.3, -0.25) is 14.9 Å². The van der Waals surface area contributed by atoms with Crippen LogP contribution in [0.4, 0.5) is 5.69 Å². The summed E-state index contributed by atoms with van der Waals surface area (Å²) in [6.45, 7) is 0. The van der Waals surface area contributed by atoms with Crippen LogP contribution < -0.4 is 5.14 Å². The van der Waals surface area contributed by atoms with Gasteiger partial charge in [-0.2, -0.15) is 0 Å². The van der Waals surface area contributed by atoms with E-state index in [1.54, 1.807) is 0 Å². The lowest BCUT2D eigenvalue weighted by atomic mass is 10.2. The maximum Gasteiger partial charge on any atom is 0.290 e. The summed E-state index contributed by atoms with van der Waals surface area (Å²) in [5.74, 6) is 0. The molecule has 9 heteroatoms. The molecule has 0 aliphatic rings. The van der Waals surface area contributed by atoms with Gasteiger partial charge in [-0.05, 0) is 6.07 Å². The third-order valence-corrected chi connectivity index (χ3v) is 3.09.